The Morgan fingerprint density at radius 3 is 3.10 bits per heavy atom. The van der Waals surface area contributed by atoms with E-state index in [9.17, 15) is 4.79 Å². The van der Waals surface area contributed by atoms with E-state index in [-0.39, 0.29) is 11.9 Å². The highest BCUT2D eigenvalue weighted by atomic mass is 16.2. The number of rotatable bonds is 5. The second-order valence-corrected chi connectivity index (χ2v) is 5.68. The molecule has 1 aromatic heterocycles. The third-order valence-corrected chi connectivity index (χ3v) is 3.93. The predicted molar refractivity (Wildman–Crippen MR) is 79.3 cm³/mol. The zero-order chi connectivity index (χ0) is 14.4. The maximum Gasteiger partial charge on any atom is 0.237 e. The van der Waals surface area contributed by atoms with E-state index in [2.05, 4.69) is 29.3 Å². The van der Waals surface area contributed by atoms with Crippen molar-refractivity contribution in [1.82, 2.24) is 20.0 Å². The molecule has 0 unspecified atom stereocenters. The lowest BCUT2D eigenvalue weighted by Gasteiger charge is -2.24. The molecular formula is C15H26N4O. The van der Waals surface area contributed by atoms with Crippen molar-refractivity contribution < 1.29 is 4.79 Å². The molecule has 1 aliphatic heterocycles. The van der Waals surface area contributed by atoms with E-state index in [0.717, 1.165) is 37.9 Å². The van der Waals surface area contributed by atoms with Crippen molar-refractivity contribution in [3.8, 4) is 0 Å². The third-order valence-electron chi connectivity index (χ3n) is 3.93. The number of hydrogen-bond donors (Lipinski definition) is 1. The zero-order valence-electron chi connectivity index (χ0n) is 12.6. The molecule has 5 nitrogen and oxygen atoms in total. The smallest absolute Gasteiger partial charge is 0.237 e. The largest absolute Gasteiger partial charge is 0.351 e. The van der Waals surface area contributed by atoms with Crippen molar-refractivity contribution in [2.45, 2.75) is 58.2 Å². The molecule has 1 aromatic rings. The quantitative estimate of drug-likeness (QED) is 0.893. The fourth-order valence-electron chi connectivity index (χ4n) is 2.74. The van der Waals surface area contributed by atoms with Gasteiger partial charge >= 0.3 is 0 Å². The van der Waals surface area contributed by atoms with Gasteiger partial charge in [-0.3, -0.25) is 14.4 Å². The number of carbonyl (C=O) groups is 1. The molecular weight excluding hydrogens is 252 g/mol. The van der Waals surface area contributed by atoms with E-state index in [4.69, 9.17) is 0 Å². The summed E-state index contributed by atoms with van der Waals surface area (Å²) >= 11 is 0. The van der Waals surface area contributed by atoms with Gasteiger partial charge in [0, 0.05) is 24.8 Å². The Kier molecular flexibility index (Phi) is 5.59. The number of hydrogen-bond acceptors (Lipinski definition) is 3. The highest BCUT2D eigenvalue weighted by Crippen LogP contribution is 2.15. The molecule has 20 heavy (non-hydrogen) atoms. The molecule has 112 valence electrons. The van der Waals surface area contributed by atoms with Gasteiger partial charge in [-0.15, -0.1) is 0 Å². The van der Waals surface area contributed by atoms with Crippen LogP contribution in [-0.2, 0) is 17.9 Å². The summed E-state index contributed by atoms with van der Waals surface area (Å²) in [7, 11) is 2.05. The topological polar surface area (TPSA) is 50.2 Å². The van der Waals surface area contributed by atoms with E-state index in [1.54, 1.807) is 0 Å². The summed E-state index contributed by atoms with van der Waals surface area (Å²) in [6.45, 7) is 4.66. The van der Waals surface area contributed by atoms with Crippen LogP contribution < -0.4 is 5.32 Å². The number of amides is 1. The number of likely N-dealkylation sites (N-methyl/N-ethyl adjacent to an activating group) is 1. The van der Waals surface area contributed by atoms with Crippen molar-refractivity contribution in [3.05, 3.63) is 18.0 Å². The van der Waals surface area contributed by atoms with Gasteiger partial charge in [-0.2, -0.15) is 5.10 Å². The highest BCUT2D eigenvalue weighted by molar-refractivity contribution is 5.81. The lowest BCUT2D eigenvalue weighted by Crippen LogP contribution is -2.44. The molecule has 2 rings (SSSR count). The number of aromatic nitrogens is 2. The molecule has 1 fully saturated rings. The fraction of sp³-hybridized carbons (Fsp3) is 0.733. The molecule has 0 aromatic carbocycles. The molecule has 0 aliphatic carbocycles. The number of nitrogens with one attached hydrogen (secondary N) is 1. The Hall–Kier alpha value is -1.36. The van der Waals surface area contributed by atoms with Crippen LogP contribution in [0.15, 0.2) is 12.4 Å². The zero-order valence-corrected chi connectivity index (χ0v) is 12.6. The number of aryl methyl sites for hydroxylation is 1. The Labute approximate surface area is 121 Å². The standard InChI is InChI=1S/C15H26N4O/c1-3-8-19-12-13(11-17-19)10-16-15(20)14-7-5-4-6-9-18(14)2/h11-12,14H,3-10H2,1-2H3,(H,16,20)/t14-/m1/s1. The summed E-state index contributed by atoms with van der Waals surface area (Å²) in [5.74, 6) is 0.151. The Balaban J connectivity index is 1.83. The van der Waals surface area contributed by atoms with E-state index in [1.807, 2.05) is 17.1 Å². The minimum Gasteiger partial charge on any atom is -0.351 e. The Morgan fingerprint density at radius 1 is 1.45 bits per heavy atom. The summed E-state index contributed by atoms with van der Waals surface area (Å²) in [6.07, 6.45) is 9.48. The minimum atomic E-state index is 0.0307. The maximum absolute atomic E-state index is 12.3. The number of likely N-dealkylation sites (tertiary alicyclic amines) is 1. The van der Waals surface area contributed by atoms with Crippen LogP contribution in [0.3, 0.4) is 0 Å². The summed E-state index contributed by atoms with van der Waals surface area (Å²) in [5, 5.41) is 7.33. The van der Waals surface area contributed by atoms with Gasteiger partial charge < -0.3 is 5.32 Å². The van der Waals surface area contributed by atoms with Gasteiger partial charge in [-0.25, -0.2) is 0 Å². The average Bonchev–Trinajstić information content (AvgIpc) is 2.77. The summed E-state index contributed by atoms with van der Waals surface area (Å²) in [6, 6.07) is 0.0307. The van der Waals surface area contributed by atoms with Crippen molar-refractivity contribution in [1.29, 1.82) is 0 Å². The van der Waals surface area contributed by atoms with Gasteiger partial charge in [0.2, 0.25) is 5.91 Å². The normalized spacial score (nSPS) is 20.6. The monoisotopic (exact) mass is 278 g/mol. The molecule has 0 saturated carbocycles. The van der Waals surface area contributed by atoms with Crippen LogP contribution in [-0.4, -0.2) is 40.2 Å². The SMILES string of the molecule is CCCn1cc(CNC(=O)[C@H]2CCCCCN2C)cn1. The number of nitrogens with zero attached hydrogens (tertiary/aromatic N) is 3. The summed E-state index contributed by atoms with van der Waals surface area (Å²) in [4.78, 5) is 14.5. The van der Waals surface area contributed by atoms with Gasteiger partial charge in [0.1, 0.15) is 0 Å². The van der Waals surface area contributed by atoms with E-state index < -0.39 is 0 Å². The maximum atomic E-state index is 12.3. The molecule has 1 aliphatic rings. The first-order chi connectivity index (χ1) is 9.70. The molecule has 0 spiro atoms. The first-order valence-electron chi connectivity index (χ1n) is 7.70. The molecule has 1 atom stereocenters. The second-order valence-electron chi connectivity index (χ2n) is 5.68. The van der Waals surface area contributed by atoms with Crippen LogP contribution in [0.5, 0.6) is 0 Å². The van der Waals surface area contributed by atoms with Gasteiger partial charge in [0.15, 0.2) is 0 Å². The van der Waals surface area contributed by atoms with Crippen LogP contribution in [0, 0.1) is 0 Å². The third kappa shape index (κ3) is 4.07. The van der Waals surface area contributed by atoms with Crippen LogP contribution in [0.4, 0.5) is 0 Å². The summed E-state index contributed by atoms with van der Waals surface area (Å²) in [5.41, 5.74) is 1.07. The molecule has 1 saturated heterocycles. The van der Waals surface area contributed by atoms with E-state index >= 15 is 0 Å². The first kappa shape index (κ1) is 15.0. The molecule has 5 heteroatoms. The summed E-state index contributed by atoms with van der Waals surface area (Å²) < 4.78 is 1.93. The van der Waals surface area contributed by atoms with Gasteiger partial charge in [-0.05, 0) is 32.9 Å². The molecule has 0 radical (unpaired) electrons. The predicted octanol–water partition coefficient (Wildman–Crippen LogP) is 1.78. The van der Waals surface area contributed by atoms with Gasteiger partial charge in [-0.1, -0.05) is 19.8 Å². The fourth-order valence-corrected chi connectivity index (χ4v) is 2.74. The van der Waals surface area contributed by atoms with E-state index in [1.165, 1.54) is 12.8 Å². The Bertz CT molecular complexity index is 429. The van der Waals surface area contributed by atoms with Gasteiger partial charge in [0.25, 0.3) is 0 Å². The average molecular weight is 278 g/mol. The first-order valence-corrected chi connectivity index (χ1v) is 7.70. The van der Waals surface area contributed by atoms with Crippen molar-refractivity contribution in [2.24, 2.45) is 0 Å². The highest BCUT2D eigenvalue weighted by Gasteiger charge is 2.24. The molecule has 1 N–H and O–H groups in total. The van der Waals surface area contributed by atoms with Crippen molar-refractivity contribution >= 4 is 5.91 Å². The number of carbonyl (C=O) groups excluding carboxylic acids is 1. The van der Waals surface area contributed by atoms with Crippen LogP contribution in [0.1, 0.15) is 44.6 Å². The van der Waals surface area contributed by atoms with Gasteiger partial charge in [0.05, 0.1) is 12.2 Å². The Morgan fingerprint density at radius 2 is 2.30 bits per heavy atom. The van der Waals surface area contributed by atoms with E-state index in [0.29, 0.717) is 6.54 Å². The molecule has 2 heterocycles. The van der Waals surface area contributed by atoms with Crippen molar-refractivity contribution in [3.63, 3.8) is 0 Å². The van der Waals surface area contributed by atoms with Crippen LogP contribution in [0.2, 0.25) is 0 Å². The lowest BCUT2D eigenvalue weighted by molar-refractivity contribution is -0.126. The molecule has 0 bridgehead atoms. The molecule has 1 amide bonds. The van der Waals surface area contributed by atoms with Crippen LogP contribution >= 0.6 is 0 Å². The lowest BCUT2D eigenvalue weighted by atomic mass is 10.1. The minimum absolute atomic E-state index is 0.0307. The second kappa shape index (κ2) is 7.43. The van der Waals surface area contributed by atoms with Crippen LogP contribution in [0.25, 0.3) is 0 Å². The van der Waals surface area contributed by atoms with Crippen molar-refractivity contribution in [2.75, 3.05) is 13.6 Å².